The normalized spacial score (nSPS) is 18.1. The molecule has 0 spiro atoms. The number of hydrogen-bond donors (Lipinski definition) is 1. The molecule has 0 radical (unpaired) electrons. The molecule has 1 saturated heterocycles. The molecule has 4 nitrogen and oxygen atoms in total. The number of nitrogens with one attached hydrogen (secondary N) is 1. The highest BCUT2D eigenvalue weighted by Crippen LogP contribution is 2.35. The largest absolute Gasteiger partial charge is 0.199 e. The van der Waals surface area contributed by atoms with Crippen molar-refractivity contribution in [3.8, 4) is 0 Å². The number of benzene rings is 3. The van der Waals surface area contributed by atoms with Crippen molar-refractivity contribution in [3.05, 3.63) is 96.6 Å². The number of para-hydroxylation sites is 2. The van der Waals surface area contributed by atoms with Gasteiger partial charge in [0.25, 0.3) is 0 Å². The second-order valence-corrected chi connectivity index (χ2v) is 5.85. The van der Waals surface area contributed by atoms with E-state index in [9.17, 15) is 0 Å². The lowest BCUT2D eigenvalue weighted by molar-refractivity contribution is 0.388. The SMILES string of the molecule is ClN1C(c2ccccc2)NN(c2ccccc2)N1c1ccccc1. The molecule has 24 heavy (non-hydrogen) atoms. The van der Waals surface area contributed by atoms with Crippen LogP contribution in [0.4, 0.5) is 11.4 Å². The molecule has 1 atom stereocenters. The van der Waals surface area contributed by atoms with Gasteiger partial charge in [-0.05, 0) is 29.8 Å². The van der Waals surface area contributed by atoms with Crippen molar-refractivity contribution in [1.29, 1.82) is 0 Å². The van der Waals surface area contributed by atoms with E-state index in [0.29, 0.717) is 0 Å². The fourth-order valence-electron chi connectivity index (χ4n) is 2.79. The van der Waals surface area contributed by atoms with Crippen LogP contribution in [-0.4, -0.2) is 4.53 Å². The Labute approximate surface area is 146 Å². The van der Waals surface area contributed by atoms with E-state index in [1.54, 1.807) is 4.53 Å². The quantitative estimate of drug-likeness (QED) is 0.711. The fraction of sp³-hybridized carbons (Fsp3) is 0.0526. The molecule has 1 aliphatic rings. The van der Waals surface area contributed by atoms with Crippen LogP contribution >= 0.6 is 11.8 Å². The predicted molar refractivity (Wildman–Crippen MR) is 97.9 cm³/mol. The first-order chi connectivity index (χ1) is 11.8. The molecular formula is C19H17ClN4. The van der Waals surface area contributed by atoms with Gasteiger partial charge in [-0.1, -0.05) is 71.3 Å². The highest BCUT2D eigenvalue weighted by Gasteiger charge is 2.38. The Morgan fingerprint density at radius 2 is 1.17 bits per heavy atom. The van der Waals surface area contributed by atoms with Crippen molar-refractivity contribution in [3.63, 3.8) is 0 Å². The Morgan fingerprint density at radius 1 is 0.667 bits per heavy atom. The first-order valence-electron chi connectivity index (χ1n) is 7.81. The van der Waals surface area contributed by atoms with Gasteiger partial charge in [-0.15, -0.1) is 0 Å². The van der Waals surface area contributed by atoms with Crippen molar-refractivity contribution in [2.24, 2.45) is 0 Å². The molecule has 1 fully saturated rings. The summed E-state index contributed by atoms with van der Waals surface area (Å²) in [7, 11) is 0. The van der Waals surface area contributed by atoms with Crippen molar-refractivity contribution in [2.75, 3.05) is 10.2 Å². The summed E-state index contributed by atoms with van der Waals surface area (Å²) in [5.41, 5.74) is 6.54. The molecule has 1 heterocycles. The Kier molecular flexibility index (Phi) is 4.09. The molecular weight excluding hydrogens is 320 g/mol. The van der Waals surface area contributed by atoms with Crippen LogP contribution in [-0.2, 0) is 0 Å². The van der Waals surface area contributed by atoms with Crippen LogP contribution < -0.4 is 15.7 Å². The highest BCUT2D eigenvalue weighted by molar-refractivity contribution is 6.14. The Morgan fingerprint density at radius 3 is 1.75 bits per heavy atom. The van der Waals surface area contributed by atoms with E-state index in [1.165, 1.54) is 0 Å². The molecule has 4 rings (SSSR count). The van der Waals surface area contributed by atoms with E-state index in [1.807, 2.05) is 89.1 Å². The zero-order valence-electron chi connectivity index (χ0n) is 13.0. The van der Waals surface area contributed by atoms with E-state index in [0.717, 1.165) is 16.9 Å². The third-order valence-electron chi connectivity index (χ3n) is 3.93. The number of hydrogen-bond acceptors (Lipinski definition) is 4. The number of anilines is 2. The van der Waals surface area contributed by atoms with Crippen LogP contribution in [0.2, 0.25) is 0 Å². The molecule has 1 unspecified atom stereocenters. The predicted octanol–water partition coefficient (Wildman–Crippen LogP) is 4.50. The topological polar surface area (TPSA) is 21.8 Å². The van der Waals surface area contributed by atoms with Gasteiger partial charge in [0.15, 0.2) is 0 Å². The monoisotopic (exact) mass is 336 g/mol. The van der Waals surface area contributed by atoms with Gasteiger partial charge in [-0.3, -0.25) is 0 Å². The minimum absolute atomic E-state index is 0.173. The summed E-state index contributed by atoms with van der Waals surface area (Å²) in [5, 5.41) is 3.88. The van der Waals surface area contributed by atoms with Gasteiger partial charge in [0, 0.05) is 11.8 Å². The maximum Gasteiger partial charge on any atom is 0.141 e. The molecule has 120 valence electrons. The maximum absolute atomic E-state index is 6.71. The summed E-state index contributed by atoms with van der Waals surface area (Å²) in [6.45, 7) is 0. The summed E-state index contributed by atoms with van der Waals surface area (Å²) >= 11 is 6.71. The second kappa shape index (κ2) is 6.53. The van der Waals surface area contributed by atoms with E-state index in [4.69, 9.17) is 11.8 Å². The van der Waals surface area contributed by atoms with Gasteiger partial charge in [-0.2, -0.15) is 15.7 Å². The molecule has 3 aromatic rings. The van der Waals surface area contributed by atoms with E-state index in [2.05, 4.69) is 17.6 Å². The lowest BCUT2D eigenvalue weighted by Gasteiger charge is -2.31. The highest BCUT2D eigenvalue weighted by atomic mass is 35.5. The van der Waals surface area contributed by atoms with Gasteiger partial charge < -0.3 is 0 Å². The number of halogens is 1. The van der Waals surface area contributed by atoms with Crippen molar-refractivity contribution >= 4 is 23.2 Å². The minimum atomic E-state index is -0.173. The summed E-state index contributed by atoms with van der Waals surface area (Å²) < 4.78 is 1.68. The van der Waals surface area contributed by atoms with Crippen molar-refractivity contribution in [1.82, 2.24) is 9.95 Å². The van der Waals surface area contributed by atoms with Gasteiger partial charge in [-0.25, -0.2) is 0 Å². The second-order valence-electron chi connectivity index (χ2n) is 5.50. The van der Waals surface area contributed by atoms with Crippen LogP contribution in [0.25, 0.3) is 0 Å². The minimum Gasteiger partial charge on any atom is -0.199 e. The zero-order valence-corrected chi connectivity index (χ0v) is 13.7. The summed E-state index contributed by atoms with van der Waals surface area (Å²) in [6, 6.07) is 30.3. The van der Waals surface area contributed by atoms with Crippen molar-refractivity contribution in [2.45, 2.75) is 6.17 Å². The van der Waals surface area contributed by atoms with Crippen LogP contribution in [0.5, 0.6) is 0 Å². The molecule has 0 aromatic heterocycles. The smallest absolute Gasteiger partial charge is 0.141 e. The Bertz CT molecular complexity index is 782. The van der Waals surface area contributed by atoms with E-state index in [-0.39, 0.29) is 6.17 Å². The first-order valence-corrected chi connectivity index (χ1v) is 8.15. The van der Waals surface area contributed by atoms with Crippen LogP contribution in [0.3, 0.4) is 0 Å². The summed E-state index contributed by atoms with van der Waals surface area (Å²) in [5.74, 6) is 0. The average Bonchev–Trinajstić information content (AvgIpc) is 3.01. The molecule has 1 aliphatic heterocycles. The summed E-state index contributed by atoms with van der Waals surface area (Å²) in [6.07, 6.45) is -0.173. The Balaban J connectivity index is 1.76. The van der Waals surface area contributed by atoms with Gasteiger partial charge in [0.2, 0.25) is 0 Å². The molecule has 0 bridgehead atoms. The molecule has 0 amide bonds. The first kappa shape index (κ1) is 15.0. The van der Waals surface area contributed by atoms with E-state index >= 15 is 0 Å². The molecule has 3 aromatic carbocycles. The number of nitrogens with zero attached hydrogens (tertiary/aromatic N) is 3. The molecule has 0 aliphatic carbocycles. The van der Waals surface area contributed by atoms with Gasteiger partial charge in [0.05, 0.1) is 11.4 Å². The van der Waals surface area contributed by atoms with Crippen LogP contribution in [0.1, 0.15) is 11.7 Å². The number of hydrazine groups is 3. The van der Waals surface area contributed by atoms with Crippen molar-refractivity contribution < 1.29 is 0 Å². The third-order valence-corrected chi connectivity index (χ3v) is 4.27. The lowest BCUT2D eigenvalue weighted by atomic mass is 10.2. The molecule has 5 heteroatoms. The average molecular weight is 337 g/mol. The zero-order chi connectivity index (χ0) is 16.4. The van der Waals surface area contributed by atoms with Gasteiger partial charge in [0.1, 0.15) is 6.17 Å². The standard InChI is InChI=1S/C19H17ClN4/c20-22-19(16-10-4-1-5-11-16)21-23(17-12-6-2-7-13-17)24(22)18-14-8-3-9-15-18/h1-15,19,21H. The molecule has 1 N–H and O–H groups in total. The van der Waals surface area contributed by atoms with Crippen LogP contribution in [0.15, 0.2) is 91.0 Å². The maximum atomic E-state index is 6.71. The van der Waals surface area contributed by atoms with E-state index < -0.39 is 0 Å². The number of rotatable bonds is 3. The van der Waals surface area contributed by atoms with Gasteiger partial charge >= 0.3 is 0 Å². The summed E-state index contributed by atoms with van der Waals surface area (Å²) in [4.78, 5) is 0. The Hall–Kier alpha value is -2.53. The van der Waals surface area contributed by atoms with Crippen LogP contribution in [0, 0.1) is 0 Å². The fourth-order valence-corrected chi connectivity index (χ4v) is 3.10. The lowest BCUT2D eigenvalue weighted by Crippen LogP contribution is -2.44. The molecule has 0 saturated carbocycles. The third kappa shape index (κ3) is 2.71.